The van der Waals surface area contributed by atoms with E-state index in [1.54, 1.807) is 5.57 Å². The zero-order chi connectivity index (χ0) is 11.4. The summed E-state index contributed by atoms with van der Waals surface area (Å²) in [6, 6.07) is 2.08. The van der Waals surface area contributed by atoms with Gasteiger partial charge < -0.3 is 0 Å². The van der Waals surface area contributed by atoms with Gasteiger partial charge in [-0.25, -0.2) is 0 Å². The van der Waals surface area contributed by atoms with Gasteiger partial charge in [0, 0.05) is 12.7 Å². The van der Waals surface area contributed by atoms with Crippen molar-refractivity contribution in [2.45, 2.75) is 41.2 Å². The normalized spacial score (nSPS) is 19.1. The van der Waals surface area contributed by atoms with Gasteiger partial charge in [0.1, 0.15) is 0 Å². The zero-order valence-corrected chi connectivity index (χ0v) is 10.5. The Bertz CT molecular complexity index is 334. The summed E-state index contributed by atoms with van der Waals surface area (Å²) in [7, 11) is 0. The Morgan fingerprint density at radius 2 is 2.07 bits per heavy atom. The molecule has 2 heteroatoms. The van der Waals surface area contributed by atoms with Crippen LogP contribution in [0.5, 0.6) is 0 Å². The summed E-state index contributed by atoms with van der Waals surface area (Å²) < 4.78 is 2.08. The Balaban J connectivity index is 0.000000531. The average Bonchev–Trinajstić information content (AvgIpc) is 2.66. The molecule has 1 aliphatic heterocycles. The van der Waals surface area contributed by atoms with Gasteiger partial charge in [-0.1, -0.05) is 40.2 Å². The summed E-state index contributed by atoms with van der Waals surface area (Å²) in [6.45, 7) is 11.8. The third kappa shape index (κ3) is 2.49. The molecular weight excluding hydrogens is 184 g/mol. The first-order valence-corrected chi connectivity index (χ1v) is 5.92. The largest absolute Gasteiger partial charge is 0.265 e. The number of hydrogen-bond acceptors (Lipinski definition) is 1. The second kappa shape index (κ2) is 5.15. The molecule has 2 nitrogen and oxygen atoms in total. The minimum atomic E-state index is 0.632. The predicted molar refractivity (Wildman–Crippen MR) is 65.6 cm³/mol. The highest BCUT2D eigenvalue weighted by atomic mass is 15.3. The van der Waals surface area contributed by atoms with Crippen molar-refractivity contribution in [3.8, 4) is 0 Å². The molecular formula is C13H22N2. The molecule has 0 radical (unpaired) electrons. The molecule has 0 saturated heterocycles. The van der Waals surface area contributed by atoms with Crippen LogP contribution in [0.1, 0.15) is 40.3 Å². The molecule has 0 fully saturated rings. The number of rotatable bonds is 1. The smallest absolute Gasteiger partial charge is 0.0609 e. The third-order valence-electron chi connectivity index (χ3n) is 2.75. The van der Waals surface area contributed by atoms with E-state index in [1.165, 1.54) is 5.69 Å². The molecule has 0 N–H and O–H groups in total. The van der Waals surface area contributed by atoms with Crippen LogP contribution in [0.4, 0.5) is 0 Å². The van der Waals surface area contributed by atoms with Gasteiger partial charge in [-0.15, -0.1) is 0 Å². The van der Waals surface area contributed by atoms with Crippen molar-refractivity contribution in [3.05, 3.63) is 23.5 Å². The summed E-state index contributed by atoms with van der Waals surface area (Å²) in [6.07, 6.45) is 4.16. The molecule has 1 unspecified atom stereocenters. The molecule has 0 aromatic carbocycles. The number of aromatic nitrogens is 2. The van der Waals surface area contributed by atoms with E-state index in [-0.39, 0.29) is 0 Å². The van der Waals surface area contributed by atoms with Crippen molar-refractivity contribution in [2.75, 3.05) is 0 Å². The fourth-order valence-electron chi connectivity index (χ4n) is 2.03. The number of hydrogen-bond donors (Lipinski definition) is 0. The molecule has 0 spiro atoms. The minimum absolute atomic E-state index is 0.632. The molecule has 1 aromatic heterocycles. The van der Waals surface area contributed by atoms with E-state index in [4.69, 9.17) is 0 Å². The van der Waals surface area contributed by atoms with Crippen molar-refractivity contribution in [1.29, 1.82) is 0 Å². The predicted octanol–water partition coefficient (Wildman–Crippen LogP) is 3.60. The average molecular weight is 206 g/mol. The molecule has 0 bridgehead atoms. The third-order valence-corrected chi connectivity index (χ3v) is 2.75. The van der Waals surface area contributed by atoms with Crippen LogP contribution in [-0.2, 0) is 6.54 Å². The lowest BCUT2D eigenvalue weighted by atomic mass is 9.88. The first-order valence-electron chi connectivity index (χ1n) is 5.92. The Kier molecular flexibility index (Phi) is 4.13. The van der Waals surface area contributed by atoms with Crippen LogP contribution in [0.3, 0.4) is 0 Å². The van der Waals surface area contributed by atoms with Crippen molar-refractivity contribution < 1.29 is 0 Å². The lowest BCUT2D eigenvalue weighted by molar-refractivity contribution is 0.456. The summed E-state index contributed by atoms with van der Waals surface area (Å²) in [4.78, 5) is 0. The second-order valence-electron chi connectivity index (χ2n) is 4.14. The van der Waals surface area contributed by atoms with Crippen LogP contribution in [0.2, 0.25) is 0 Å². The molecule has 1 aliphatic rings. The first-order chi connectivity index (χ1) is 7.18. The van der Waals surface area contributed by atoms with E-state index in [1.807, 2.05) is 20.0 Å². The molecule has 15 heavy (non-hydrogen) atoms. The quantitative estimate of drug-likeness (QED) is 0.686. The van der Waals surface area contributed by atoms with Crippen LogP contribution >= 0.6 is 0 Å². The molecule has 0 aliphatic carbocycles. The maximum atomic E-state index is 4.27. The Morgan fingerprint density at radius 1 is 1.40 bits per heavy atom. The molecule has 1 atom stereocenters. The maximum absolute atomic E-state index is 4.27. The summed E-state index contributed by atoms with van der Waals surface area (Å²) in [5, 5.41) is 4.27. The van der Waals surface area contributed by atoms with E-state index < -0.39 is 0 Å². The fraction of sp³-hybridized carbons (Fsp3) is 0.615. The Hall–Kier alpha value is -1.05. The van der Waals surface area contributed by atoms with E-state index in [0.717, 1.165) is 6.54 Å². The lowest BCUT2D eigenvalue weighted by Crippen LogP contribution is -2.19. The molecule has 0 amide bonds. The molecule has 84 valence electrons. The van der Waals surface area contributed by atoms with Crippen molar-refractivity contribution in [3.63, 3.8) is 0 Å². The van der Waals surface area contributed by atoms with Crippen molar-refractivity contribution in [1.82, 2.24) is 9.78 Å². The molecule has 1 aromatic rings. The minimum Gasteiger partial charge on any atom is -0.265 e. The summed E-state index contributed by atoms with van der Waals surface area (Å²) in [5.41, 5.74) is 2.80. The fourth-order valence-corrected chi connectivity index (χ4v) is 2.03. The number of fused-ring (bicyclic) bond motifs is 1. The van der Waals surface area contributed by atoms with Crippen LogP contribution in [0.15, 0.2) is 17.8 Å². The number of nitrogens with zero attached hydrogens (tertiary/aromatic N) is 2. The molecule has 2 heterocycles. The first kappa shape index (κ1) is 12.0. The highest BCUT2D eigenvalue weighted by Gasteiger charge is 2.19. The number of allylic oxidation sites excluding steroid dienone is 1. The standard InChI is InChI=1S/C11H16N2.C2H6/c1-8(2)11-6-10-4-5-12-13(10)7-9(11)3;1-2/h4-6,8-9H,7H2,1-3H3;1-2H3. The SMILES string of the molecule is CC.CC(C)C1=Cc2ccnn2CC1C. The topological polar surface area (TPSA) is 17.8 Å². The van der Waals surface area contributed by atoms with Crippen LogP contribution in [0.25, 0.3) is 6.08 Å². The van der Waals surface area contributed by atoms with Crippen LogP contribution in [-0.4, -0.2) is 9.78 Å². The molecule has 0 saturated carbocycles. The van der Waals surface area contributed by atoms with Crippen molar-refractivity contribution in [2.24, 2.45) is 11.8 Å². The Morgan fingerprint density at radius 3 is 2.67 bits per heavy atom. The Labute approximate surface area is 93.0 Å². The monoisotopic (exact) mass is 206 g/mol. The summed E-state index contributed by atoms with van der Waals surface area (Å²) >= 11 is 0. The van der Waals surface area contributed by atoms with Gasteiger partial charge in [0.15, 0.2) is 0 Å². The van der Waals surface area contributed by atoms with Crippen LogP contribution < -0.4 is 0 Å². The van der Waals surface area contributed by atoms with Gasteiger partial charge in [-0.3, -0.25) is 4.68 Å². The highest BCUT2D eigenvalue weighted by molar-refractivity contribution is 5.51. The van der Waals surface area contributed by atoms with E-state index >= 15 is 0 Å². The lowest BCUT2D eigenvalue weighted by Gasteiger charge is -2.24. The maximum Gasteiger partial charge on any atom is 0.0609 e. The van der Waals surface area contributed by atoms with Crippen molar-refractivity contribution >= 4 is 6.08 Å². The van der Waals surface area contributed by atoms with Gasteiger partial charge in [0.25, 0.3) is 0 Å². The molecule has 2 rings (SSSR count). The summed E-state index contributed by atoms with van der Waals surface area (Å²) in [5.74, 6) is 1.28. The zero-order valence-electron chi connectivity index (χ0n) is 10.5. The van der Waals surface area contributed by atoms with Gasteiger partial charge in [0.2, 0.25) is 0 Å². The second-order valence-corrected chi connectivity index (χ2v) is 4.14. The van der Waals surface area contributed by atoms with Gasteiger partial charge in [-0.05, 0) is 24.0 Å². The van der Waals surface area contributed by atoms with Gasteiger partial charge >= 0.3 is 0 Å². The van der Waals surface area contributed by atoms with E-state index in [2.05, 4.69) is 42.7 Å². The van der Waals surface area contributed by atoms with E-state index in [9.17, 15) is 0 Å². The van der Waals surface area contributed by atoms with E-state index in [0.29, 0.717) is 11.8 Å². The highest BCUT2D eigenvalue weighted by Crippen LogP contribution is 2.28. The van der Waals surface area contributed by atoms with Gasteiger partial charge in [0.05, 0.1) is 5.69 Å². The van der Waals surface area contributed by atoms with Crippen LogP contribution in [0, 0.1) is 11.8 Å². The van der Waals surface area contributed by atoms with Gasteiger partial charge in [-0.2, -0.15) is 5.10 Å².